The van der Waals surface area contributed by atoms with Gasteiger partial charge in [0.05, 0.1) is 6.10 Å². The van der Waals surface area contributed by atoms with Crippen LogP contribution in [0.15, 0.2) is 24.3 Å². The molecule has 1 nitrogen and oxygen atoms in total. The largest absolute Gasteiger partial charge is 0.388 e. The zero-order chi connectivity index (χ0) is 12.8. The fourth-order valence-corrected chi connectivity index (χ4v) is 2.98. The fraction of sp³-hybridized carbons (Fsp3) is 0.647. The Morgan fingerprint density at radius 2 is 1.78 bits per heavy atom. The highest BCUT2D eigenvalue weighted by atomic mass is 16.3. The molecule has 0 radical (unpaired) electrons. The summed E-state index contributed by atoms with van der Waals surface area (Å²) in [5.74, 6) is 0.486. The number of hydrogen-bond acceptors (Lipinski definition) is 1. The van der Waals surface area contributed by atoms with Crippen LogP contribution >= 0.6 is 0 Å². The van der Waals surface area contributed by atoms with E-state index in [1.165, 1.54) is 50.5 Å². The Kier molecular flexibility index (Phi) is 5.25. The molecule has 0 bridgehead atoms. The second-order valence-electron chi connectivity index (χ2n) is 5.69. The zero-order valence-corrected chi connectivity index (χ0v) is 11.6. The summed E-state index contributed by atoms with van der Waals surface area (Å²) in [6.07, 6.45) is 9.72. The highest BCUT2D eigenvalue weighted by Crippen LogP contribution is 2.34. The van der Waals surface area contributed by atoms with Crippen molar-refractivity contribution in [1.29, 1.82) is 0 Å². The molecule has 0 saturated heterocycles. The van der Waals surface area contributed by atoms with Gasteiger partial charge in [0.2, 0.25) is 0 Å². The van der Waals surface area contributed by atoms with Gasteiger partial charge in [-0.2, -0.15) is 0 Å². The van der Waals surface area contributed by atoms with Gasteiger partial charge in [-0.1, -0.05) is 56.9 Å². The number of aryl methyl sites for hydroxylation is 1. The predicted octanol–water partition coefficient (Wildman–Crippen LogP) is 4.64. The molecule has 0 aromatic heterocycles. The maximum Gasteiger partial charge on any atom is 0.0818 e. The molecule has 1 atom stereocenters. The topological polar surface area (TPSA) is 20.2 Å². The maximum absolute atomic E-state index is 10.4. The molecule has 0 aliphatic heterocycles. The molecule has 1 aliphatic carbocycles. The van der Waals surface area contributed by atoms with Gasteiger partial charge in [-0.25, -0.2) is 0 Å². The van der Waals surface area contributed by atoms with E-state index in [1.54, 1.807) is 0 Å². The van der Waals surface area contributed by atoms with Crippen molar-refractivity contribution in [2.24, 2.45) is 5.92 Å². The molecule has 1 aromatic rings. The van der Waals surface area contributed by atoms with Gasteiger partial charge in [0.15, 0.2) is 0 Å². The summed E-state index contributed by atoms with van der Waals surface area (Å²) in [6, 6.07) is 8.64. The van der Waals surface area contributed by atoms with E-state index in [-0.39, 0.29) is 6.10 Å². The SMILES string of the molecule is CCCCc1ccc(C(O)C2CCCCC2)cc1. The molecule has 1 fully saturated rings. The molecule has 1 unspecified atom stereocenters. The van der Waals surface area contributed by atoms with Crippen LogP contribution in [0.25, 0.3) is 0 Å². The first-order chi connectivity index (χ1) is 8.81. The number of unbranched alkanes of at least 4 members (excludes halogenated alkanes) is 1. The van der Waals surface area contributed by atoms with Crippen LogP contribution in [-0.4, -0.2) is 5.11 Å². The molecule has 1 N–H and O–H groups in total. The first-order valence-corrected chi connectivity index (χ1v) is 7.58. The summed E-state index contributed by atoms with van der Waals surface area (Å²) in [7, 11) is 0. The average molecular weight is 246 g/mol. The fourth-order valence-electron chi connectivity index (χ4n) is 2.98. The summed E-state index contributed by atoms with van der Waals surface area (Å²) in [4.78, 5) is 0. The van der Waals surface area contributed by atoms with E-state index in [1.807, 2.05) is 0 Å². The molecule has 0 spiro atoms. The zero-order valence-electron chi connectivity index (χ0n) is 11.6. The lowest BCUT2D eigenvalue weighted by molar-refractivity contribution is 0.0848. The quantitative estimate of drug-likeness (QED) is 0.802. The highest BCUT2D eigenvalue weighted by molar-refractivity contribution is 5.24. The van der Waals surface area contributed by atoms with Crippen LogP contribution in [0, 0.1) is 5.92 Å². The maximum atomic E-state index is 10.4. The Bertz CT molecular complexity index is 335. The van der Waals surface area contributed by atoms with Crippen molar-refractivity contribution in [3.63, 3.8) is 0 Å². The Hall–Kier alpha value is -0.820. The van der Waals surface area contributed by atoms with Gasteiger partial charge in [-0.3, -0.25) is 0 Å². The molecule has 2 rings (SSSR count). The van der Waals surface area contributed by atoms with Crippen molar-refractivity contribution >= 4 is 0 Å². The standard InChI is InChI=1S/C17H26O/c1-2-3-7-14-10-12-16(13-11-14)17(18)15-8-5-4-6-9-15/h10-13,15,17-18H,2-9H2,1H3. The highest BCUT2D eigenvalue weighted by Gasteiger charge is 2.22. The van der Waals surface area contributed by atoms with Crippen molar-refractivity contribution in [2.75, 3.05) is 0 Å². The first-order valence-electron chi connectivity index (χ1n) is 7.58. The van der Waals surface area contributed by atoms with E-state index < -0.39 is 0 Å². The Balaban J connectivity index is 1.95. The average Bonchev–Trinajstić information content (AvgIpc) is 2.46. The van der Waals surface area contributed by atoms with Gasteiger partial charge in [-0.15, -0.1) is 0 Å². The summed E-state index contributed by atoms with van der Waals surface area (Å²) in [5, 5.41) is 10.4. The lowest BCUT2D eigenvalue weighted by atomic mass is 9.82. The third kappa shape index (κ3) is 3.58. The van der Waals surface area contributed by atoms with Crippen LogP contribution < -0.4 is 0 Å². The Morgan fingerprint density at radius 1 is 1.11 bits per heavy atom. The van der Waals surface area contributed by atoms with Gasteiger partial charge in [0, 0.05) is 0 Å². The smallest absolute Gasteiger partial charge is 0.0818 e. The molecule has 1 saturated carbocycles. The Labute approximate surface area is 111 Å². The molecule has 100 valence electrons. The third-order valence-corrected chi connectivity index (χ3v) is 4.24. The second kappa shape index (κ2) is 6.94. The van der Waals surface area contributed by atoms with Crippen LogP contribution in [-0.2, 0) is 6.42 Å². The van der Waals surface area contributed by atoms with E-state index in [9.17, 15) is 5.11 Å². The molecule has 18 heavy (non-hydrogen) atoms. The second-order valence-corrected chi connectivity index (χ2v) is 5.69. The van der Waals surface area contributed by atoms with Gasteiger partial charge < -0.3 is 5.11 Å². The monoisotopic (exact) mass is 246 g/mol. The number of aliphatic hydroxyl groups excluding tert-OH is 1. The number of rotatable bonds is 5. The number of benzene rings is 1. The minimum atomic E-state index is -0.245. The Morgan fingerprint density at radius 3 is 2.39 bits per heavy atom. The molecule has 1 aliphatic rings. The first kappa shape index (κ1) is 13.6. The van der Waals surface area contributed by atoms with Gasteiger partial charge >= 0.3 is 0 Å². The molecule has 0 amide bonds. The normalized spacial score (nSPS) is 18.8. The van der Waals surface area contributed by atoms with Crippen molar-refractivity contribution in [3.05, 3.63) is 35.4 Å². The number of aliphatic hydroxyl groups is 1. The van der Waals surface area contributed by atoms with E-state index in [4.69, 9.17) is 0 Å². The van der Waals surface area contributed by atoms with E-state index in [0.29, 0.717) is 5.92 Å². The summed E-state index contributed by atoms with van der Waals surface area (Å²) < 4.78 is 0. The van der Waals surface area contributed by atoms with E-state index in [2.05, 4.69) is 31.2 Å². The third-order valence-electron chi connectivity index (χ3n) is 4.24. The summed E-state index contributed by atoms with van der Waals surface area (Å²) >= 11 is 0. The van der Waals surface area contributed by atoms with Crippen molar-refractivity contribution in [2.45, 2.75) is 64.4 Å². The predicted molar refractivity (Wildman–Crippen MR) is 76.6 cm³/mol. The summed E-state index contributed by atoms with van der Waals surface area (Å²) in [5.41, 5.74) is 2.51. The van der Waals surface area contributed by atoms with Crippen molar-refractivity contribution in [1.82, 2.24) is 0 Å². The summed E-state index contributed by atoms with van der Waals surface area (Å²) in [6.45, 7) is 2.22. The van der Waals surface area contributed by atoms with Crippen LogP contribution in [0.4, 0.5) is 0 Å². The van der Waals surface area contributed by atoms with Gasteiger partial charge in [0.1, 0.15) is 0 Å². The van der Waals surface area contributed by atoms with Gasteiger partial charge in [-0.05, 0) is 42.7 Å². The van der Waals surface area contributed by atoms with E-state index >= 15 is 0 Å². The molecular formula is C17H26O. The molecule has 0 heterocycles. The minimum absolute atomic E-state index is 0.245. The molecular weight excluding hydrogens is 220 g/mol. The van der Waals surface area contributed by atoms with E-state index in [0.717, 1.165) is 12.0 Å². The number of hydrogen-bond donors (Lipinski definition) is 1. The molecule has 1 aromatic carbocycles. The van der Waals surface area contributed by atoms with Crippen LogP contribution in [0.3, 0.4) is 0 Å². The lowest BCUT2D eigenvalue weighted by Gasteiger charge is -2.26. The van der Waals surface area contributed by atoms with Crippen molar-refractivity contribution in [3.8, 4) is 0 Å². The minimum Gasteiger partial charge on any atom is -0.388 e. The van der Waals surface area contributed by atoms with Crippen LogP contribution in [0.1, 0.15) is 69.1 Å². The van der Waals surface area contributed by atoms with Crippen LogP contribution in [0.5, 0.6) is 0 Å². The molecule has 1 heteroatoms. The van der Waals surface area contributed by atoms with Crippen molar-refractivity contribution < 1.29 is 5.11 Å². The van der Waals surface area contributed by atoms with Crippen LogP contribution in [0.2, 0.25) is 0 Å². The lowest BCUT2D eigenvalue weighted by Crippen LogP contribution is -2.15. The van der Waals surface area contributed by atoms with Gasteiger partial charge in [0.25, 0.3) is 0 Å².